The SMILES string of the molecule is Cc1nnc(-c2ccc(Oc3cc(OCc4ccccc4)cc(C(=O)O)c3)cc2)o1. The lowest BCUT2D eigenvalue weighted by Crippen LogP contribution is -2.00. The van der Waals surface area contributed by atoms with Crippen molar-refractivity contribution < 1.29 is 23.8 Å². The molecule has 1 N–H and O–H groups in total. The molecule has 0 saturated heterocycles. The van der Waals surface area contributed by atoms with E-state index in [9.17, 15) is 9.90 Å². The van der Waals surface area contributed by atoms with Crippen LogP contribution in [-0.4, -0.2) is 21.3 Å². The lowest BCUT2D eigenvalue weighted by Gasteiger charge is -2.11. The van der Waals surface area contributed by atoms with E-state index in [1.54, 1.807) is 37.3 Å². The number of aromatic nitrogens is 2. The van der Waals surface area contributed by atoms with Crippen molar-refractivity contribution in [3.8, 4) is 28.7 Å². The van der Waals surface area contributed by atoms with Crippen LogP contribution in [0.2, 0.25) is 0 Å². The summed E-state index contributed by atoms with van der Waals surface area (Å²) >= 11 is 0. The first-order valence-electron chi connectivity index (χ1n) is 9.20. The number of hydrogen-bond donors (Lipinski definition) is 1. The summed E-state index contributed by atoms with van der Waals surface area (Å²) < 4.78 is 17.0. The zero-order chi connectivity index (χ0) is 20.9. The highest BCUT2D eigenvalue weighted by Gasteiger charge is 2.11. The van der Waals surface area contributed by atoms with Crippen molar-refractivity contribution in [3.63, 3.8) is 0 Å². The van der Waals surface area contributed by atoms with Crippen molar-refractivity contribution in [1.82, 2.24) is 10.2 Å². The van der Waals surface area contributed by atoms with Crippen molar-refractivity contribution >= 4 is 5.97 Å². The smallest absolute Gasteiger partial charge is 0.335 e. The second-order valence-corrected chi connectivity index (χ2v) is 6.53. The third-order valence-electron chi connectivity index (χ3n) is 4.24. The highest BCUT2D eigenvalue weighted by atomic mass is 16.5. The largest absolute Gasteiger partial charge is 0.489 e. The van der Waals surface area contributed by atoms with Crippen molar-refractivity contribution in [2.75, 3.05) is 0 Å². The van der Waals surface area contributed by atoms with E-state index >= 15 is 0 Å². The van der Waals surface area contributed by atoms with Crippen LogP contribution in [0.15, 0.2) is 77.2 Å². The van der Waals surface area contributed by atoms with Crippen molar-refractivity contribution in [2.24, 2.45) is 0 Å². The van der Waals surface area contributed by atoms with Gasteiger partial charge in [0.05, 0.1) is 5.56 Å². The van der Waals surface area contributed by atoms with E-state index < -0.39 is 5.97 Å². The average molecular weight is 402 g/mol. The van der Waals surface area contributed by atoms with Gasteiger partial charge >= 0.3 is 5.97 Å². The Hall–Kier alpha value is -4.13. The Morgan fingerprint density at radius 2 is 1.67 bits per heavy atom. The highest BCUT2D eigenvalue weighted by Crippen LogP contribution is 2.29. The summed E-state index contributed by atoms with van der Waals surface area (Å²) in [4.78, 5) is 11.5. The number of aromatic carboxylic acids is 1. The van der Waals surface area contributed by atoms with Gasteiger partial charge in [-0.15, -0.1) is 10.2 Å². The Kier molecular flexibility index (Phi) is 5.43. The molecule has 4 aromatic rings. The molecule has 7 heteroatoms. The standard InChI is InChI=1S/C23H18N2O5/c1-15-24-25-22(29-15)17-7-9-19(10-8-17)30-21-12-18(23(26)27)11-20(13-21)28-14-16-5-3-2-4-6-16/h2-13H,14H2,1H3,(H,26,27). The second kappa shape index (κ2) is 8.48. The first-order chi connectivity index (χ1) is 14.6. The highest BCUT2D eigenvalue weighted by molar-refractivity contribution is 5.88. The number of aryl methyl sites for hydroxylation is 1. The van der Waals surface area contributed by atoms with Crippen LogP contribution in [0.5, 0.6) is 17.2 Å². The molecule has 0 aliphatic carbocycles. The Labute approximate surface area is 172 Å². The summed E-state index contributed by atoms with van der Waals surface area (Å²) in [7, 11) is 0. The first kappa shape index (κ1) is 19.2. The molecule has 7 nitrogen and oxygen atoms in total. The van der Waals surface area contributed by atoms with Crippen LogP contribution in [0.1, 0.15) is 21.8 Å². The maximum atomic E-state index is 11.5. The molecule has 1 aromatic heterocycles. The summed E-state index contributed by atoms with van der Waals surface area (Å²) in [6.45, 7) is 2.04. The van der Waals surface area contributed by atoms with Crippen molar-refractivity contribution in [1.29, 1.82) is 0 Å². The van der Waals surface area contributed by atoms with Gasteiger partial charge < -0.3 is 19.0 Å². The molecule has 0 bridgehead atoms. The Bertz CT molecular complexity index is 1150. The van der Waals surface area contributed by atoms with Gasteiger partial charge in [-0.3, -0.25) is 0 Å². The number of nitrogens with zero attached hydrogens (tertiary/aromatic N) is 2. The van der Waals surface area contributed by atoms with Gasteiger partial charge in [0, 0.05) is 18.6 Å². The van der Waals surface area contributed by atoms with E-state index in [-0.39, 0.29) is 5.56 Å². The molecule has 0 amide bonds. The molecular formula is C23H18N2O5. The quantitative estimate of drug-likeness (QED) is 0.459. The average Bonchev–Trinajstić information content (AvgIpc) is 3.20. The minimum atomic E-state index is -1.06. The molecule has 0 fully saturated rings. The number of carboxylic acids is 1. The van der Waals surface area contributed by atoms with Gasteiger partial charge in [0.2, 0.25) is 11.8 Å². The molecular weight excluding hydrogens is 384 g/mol. The minimum absolute atomic E-state index is 0.0773. The predicted octanol–water partition coefficient (Wildman–Crippen LogP) is 5.11. The molecule has 0 unspecified atom stereocenters. The molecule has 3 aromatic carbocycles. The summed E-state index contributed by atoms with van der Waals surface area (Å²) in [6, 6.07) is 21.3. The van der Waals surface area contributed by atoms with E-state index in [0.717, 1.165) is 11.1 Å². The molecule has 0 radical (unpaired) electrons. The lowest BCUT2D eigenvalue weighted by atomic mass is 10.2. The van der Waals surface area contributed by atoms with Gasteiger partial charge in [0.15, 0.2) is 0 Å². The Morgan fingerprint density at radius 1 is 0.933 bits per heavy atom. The molecule has 4 rings (SSSR count). The Balaban J connectivity index is 1.52. The Morgan fingerprint density at radius 3 is 2.33 bits per heavy atom. The van der Waals surface area contributed by atoms with Crippen LogP contribution >= 0.6 is 0 Å². The zero-order valence-corrected chi connectivity index (χ0v) is 16.1. The molecule has 0 saturated carbocycles. The molecule has 0 aliphatic rings. The fraction of sp³-hybridized carbons (Fsp3) is 0.0870. The van der Waals surface area contributed by atoms with Gasteiger partial charge in [-0.25, -0.2) is 4.79 Å². The van der Waals surface area contributed by atoms with E-state index in [1.165, 1.54) is 12.1 Å². The summed E-state index contributed by atoms with van der Waals surface area (Å²) in [5.74, 6) is 1.15. The third-order valence-corrected chi connectivity index (χ3v) is 4.24. The maximum Gasteiger partial charge on any atom is 0.335 e. The molecule has 150 valence electrons. The molecule has 1 heterocycles. The van der Waals surface area contributed by atoms with Gasteiger partial charge in [0.25, 0.3) is 0 Å². The van der Waals surface area contributed by atoms with Gasteiger partial charge in [-0.1, -0.05) is 30.3 Å². The topological polar surface area (TPSA) is 94.7 Å². The van der Waals surface area contributed by atoms with Gasteiger partial charge in [0.1, 0.15) is 23.9 Å². The molecule has 0 atom stereocenters. The monoisotopic (exact) mass is 402 g/mol. The van der Waals surface area contributed by atoms with Crippen molar-refractivity contribution in [2.45, 2.75) is 13.5 Å². The van der Waals surface area contributed by atoms with E-state index in [1.807, 2.05) is 30.3 Å². The fourth-order valence-electron chi connectivity index (χ4n) is 2.79. The number of carbonyl (C=O) groups is 1. The number of ether oxygens (including phenoxy) is 2. The van der Waals surface area contributed by atoms with E-state index in [0.29, 0.717) is 35.6 Å². The van der Waals surface area contributed by atoms with Gasteiger partial charge in [-0.2, -0.15) is 0 Å². The number of rotatable bonds is 7. The van der Waals surface area contributed by atoms with Crippen LogP contribution in [0.25, 0.3) is 11.5 Å². The maximum absolute atomic E-state index is 11.5. The van der Waals surface area contributed by atoms with E-state index in [4.69, 9.17) is 13.9 Å². The van der Waals surface area contributed by atoms with Crippen LogP contribution in [0.3, 0.4) is 0 Å². The number of hydrogen-bond acceptors (Lipinski definition) is 6. The van der Waals surface area contributed by atoms with Crippen LogP contribution in [0.4, 0.5) is 0 Å². The first-order valence-corrected chi connectivity index (χ1v) is 9.20. The van der Waals surface area contributed by atoms with Crippen LogP contribution < -0.4 is 9.47 Å². The molecule has 0 aliphatic heterocycles. The van der Waals surface area contributed by atoms with Crippen LogP contribution in [-0.2, 0) is 6.61 Å². The molecule has 0 spiro atoms. The minimum Gasteiger partial charge on any atom is -0.489 e. The van der Waals surface area contributed by atoms with Crippen molar-refractivity contribution in [3.05, 3.63) is 89.8 Å². The summed E-state index contributed by atoms with van der Waals surface area (Å²) in [6.07, 6.45) is 0. The number of carboxylic acid groups (broad SMARTS) is 1. The predicted molar refractivity (Wildman–Crippen MR) is 109 cm³/mol. The summed E-state index contributed by atoms with van der Waals surface area (Å²) in [5, 5.41) is 17.2. The lowest BCUT2D eigenvalue weighted by molar-refractivity contribution is 0.0696. The zero-order valence-electron chi connectivity index (χ0n) is 16.1. The normalized spacial score (nSPS) is 10.6. The van der Waals surface area contributed by atoms with Crippen LogP contribution in [0, 0.1) is 6.92 Å². The third kappa shape index (κ3) is 4.64. The second-order valence-electron chi connectivity index (χ2n) is 6.53. The summed E-state index contributed by atoms with van der Waals surface area (Å²) in [5.41, 5.74) is 1.81. The van der Waals surface area contributed by atoms with Gasteiger partial charge in [-0.05, 0) is 42.0 Å². The number of benzene rings is 3. The fourth-order valence-corrected chi connectivity index (χ4v) is 2.79. The molecule has 30 heavy (non-hydrogen) atoms. The van der Waals surface area contributed by atoms with E-state index in [2.05, 4.69) is 10.2 Å².